The average Bonchev–Trinajstić information content (AvgIpc) is 2.82. The first kappa shape index (κ1) is 30.5. The van der Waals surface area contributed by atoms with Gasteiger partial charge in [0.25, 0.3) is 5.91 Å². The SMILES string of the molecule is NCC(=O)CN(CC(=O)CN)C(=O)Oc1ccc(Cl)cc1C(=O)Nc1cc(C(F)(F)F)cc(C(F)(F)F)c1. The van der Waals surface area contributed by atoms with Crippen molar-refractivity contribution in [3.63, 3.8) is 0 Å². The number of benzene rings is 2. The number of ether oxygens (including phenoxy) is 1. The number of rotatable bonds is 9. The predicted molar refractivity (Wildman–Crippen MR) is 122 cm³/mol. The summed E-state index contributed by atoms with van der Waals surface area (Å²) in [6, 6.07) is 3.54. The van der Waals surface area contributed by atoms with Crippen molar-refractivity contribution in [2.75, 3.05) is 31.5 Å². The van der Waals surface area contributed by atoms with Gasteiger partial charge in [-0.25, -0.2) is 4.79 Å². The Balaban J connectivity index is 2.41. The van der Waals surface area contributed by atoms with Gasteiger partial charge in [0.2, 0.25) is 0 Å². The van der Waals surface area contributed by atoms with Gasteiger partial charge in [-0.15, -0.1) is 0 Å². The van der Waals surface area contributed by atoms with Crippen molar-refractivity contribution in [1.82, 2.24) is 4.90 Å². The largest absolute Gasteiger partial charge is 0.416 e. The third-order valence-corrected chi connectivity index (χ3v) is 4.91. The Labute approximate surface area is 215 Å². The molecule has 2 aromatic rings. The van der Waals surface area contributed by atoms with Crippen LogP contribution in [0.2, 0.25) is 5.02 Å². The lowest BCUT2D eigenvalue weighted by atomic mass is 10.1. The van der Waals surface area contributed by atoms with E-state index >= 15 is 0 Å². The van der Waals surface area contributed by atoms with Gasteiger partial charge in [-0.2, -0.15) is 26.3 Å². The number of amides is 2. The van der Waals surface area contributed by atoms with Crippen LogP contribution < -0.4 is 21.5 Å². The van der Waals surface area contributed by atoms with Crippen molar-refractivity contribution in [1.29, 1.82) is 0 Å². The van der Waals surface area contributed by atoms with Gasteiger partial charge in [0.05, 0.1) is 42.9 Å². The van der Waals surface area contributed by atoms with E-state index in [-0.39, 0.29) is 23.2 Å². The van der Waals surface area contributed by atoms with Crippen LogP contribution in [0.5, 0.6) is 5.75 Å². The fourth-order valence-electron chi connectivity index (χ4n) is 2.89. The zero-order valence-corrected chi connectivity index (χ0v) is 19.8. The van der Waals surface area contributed by atoms with Gasteiger partial charge in [0, 0.05) is 10.7 Å². The highest BCUT2D eigenvalue weighted by Gasteiger charge is 2.37. The molecule has 0 radical (unpaired) electrons. The lowest BCUT2D eigenvalue weighted by Crippen LogP contribution is -2.43. The van der Waals surface area contributed by atoms with Crippen LogP contribution in [-0.4, -0.2) is 54.6 Å². The Morgan fingerprint density at radius 1 is 0.842 bits per heavy atom. The van der Waals surface area contributed by atoms with Crippen LogP contribution in [0.1, 0.15) is 21.5 Å². The Kier molecular flexibility index (Phi) is 9.83. The van der Waals surface area contributed by atoms with E-state index in [0.29, 0.717) is 4.90 Å². The van der Waals surface area contributed by atoms with Gasteiger partial charge in [0.1, 0.15) is 5.75 Å². The first-order valence-corrected chi connectivity index (χ1v) is 10.7. The third-order valence-electron chi connectivity index (χ3n) is 4.68. The molecule has 9 nitrogen and oxygen atoms in total. The van der Waals surface area contributed by atoms with Crippen LogP contribution in [0.25, 0.3) is 0 Å². The van der Waals surface area contributed by atoms with E-state index in [1.165, 1.54) is 0 Å². The number of alkyl halides is 6. The van der Waals surface area contributed by atoms with E-state index < -0.39 is 90.2 Å². The van der Waals surface area contributed by atoms with Gasteiger partial charge in [-0.1, -0.05) is 11.6 Å². The summed E-state index contributed by atoms with van der Waals surface area (Å²) < 4.78 is 83.9. The summed E-state index contributed by atoms with van der Waals surface area (Å²) in [5.74, 6) is -3.15. The summed E-state index contributed by atoms with van der Waals surface area (Å²) in [4.78, 5) is 49.5. The van der Waals surface area contributed by atoms with Crippen LogP contribution in [0, 0.1) is 0 Å². The molecule has 0 unspecified atom stereocenters. The molecule has 0 fully saturated rings. The maximum atomic E-state index is 13.1. The summed E-state index contributed by atoms with van der Waals surface area (Å²) >= 11 is 5.86. The van der Waals surface area contributed by atoms with E-state index in [0.717, 1.165) is 18.2 Å². The van der Waals surface area contributed by atoms with Crippen LogP contribution >= 0.6 is 11.6 Å². The Morgan fingerprint density at radius 3 is 1.79 bits per heavy atom. The number of hydrogen-bond donors (Lipinski definition) is 3. The minimum Gasteiger partial charge on any atom is -0.409 e. The molecule has 0 atom stereocenters. The number of nitrogens with two attached hydrogens (primary N) is 2. The molecule has 0 saturated carbocycles. The van der Waals surface area contributed by atoms with Gasteiger partial charge in [0.15, 0.2) is 11.6 Å². The molecule has 0 aliphatic carbocycles. The molecule has 0 aromatic heterocycles. The minimum absolute atomic E-state index is 0.108. The molecule has 0 aliphatic rings. The zero-order chi connectivity index (χ0) is 28.8. The number of anilines is 1. The molecule has 2 aromatic carbocycles. The topological polar surface area (TPSA) is 145 Å². The fourth-order valence-corrected chi connectivity index (χ4v) is 3.06. The fraction of sp³-hybridized carbons (Fsp3) is 0.273. The second-order valence-electron chi connectivity index (χ2n) is 7.60. The highest BCUT2D eigenvalue weighted by Crippen LogP contribution is 2.38. The highest BCUT2D eigenvalue weighted by molar-refractivity contribution is 6.31. The van der Waals surface area contributed by atoms with Crippen molar-refractivity contribution in [3.8, 4) is 5.75 Å². The molecule has 0 aliphatic heterocycles. The number of carbonyl (C=O) groups is 4. The summed E-state index contributed by atoms with van der Waals surface area (Å²) in [6.07, 6.45) is -11.6. The maximum absolute atomic E-state index is 13.1. The van der Waals surface area contributed by atoms with E-state index in [4.69, 9.17) is 27.8 Å². The van der Waals surface area contributed by atoms with Crippen LogP contribution in [-0.2, 0) is 21.9 Å². The standard InChI is InChI=1S/C22H19ClF6N4O5/c23-13-1-2-18(38-20(37)33(9-15(34)7-30)10-16(35)8-31)17(6-13)19(36)32-14-4-11(21(24,25)26)3-12(5-14)22(27,28)29/h1-6H,7-10,30-31H2,(H,32,36). The molecular weight excluding hydrogens is 550 g/mol. The summed E-state index contributed by atoms with van der Waals surface area (Å²) in [7, 11) is 0. The molecule has 38 heavy (non-hydrogen) atoms. The first-order chi connectivity index (χ1) is 17.5. The molecule has 0 saturated heterocycles. The molecule has 0 spiro atoms. The first-order valence-electron chi connectivity index (χ1n) is 10.4. The molecule has 0 heterocycles. The number of nitrogens with zero attached hydrogens (tertiary/aromatic N) is 1. The molecule has 0 bridgehead atoms. The second-order valence-corrected chi connectivity index (χ2v) is 8.04. The van der Waals surface area contributed by atoms with E-state index in [9.17, 15) is 45.5 Å². The Morgan fingerprint density at radius 2 is 1.34 bits per heavy atom. The van der Waals surface area contributed by atoms with Gasteiger partial charge in [-0.05, 0) is 36.4 Å². The Bertz CT molecular complexity index is 1190. The molecule has 206 valence electrons. The van der Waals surface area contributed by atoms with Crippen molar-refractivity contribution >= 4 is 40.9 Å². The summed E-state index contributed by atoms with van der Waals surface area (Å²) in [5, 5.41) is 1.78. The zero-order valence-electron chi connectivity index (χ0n) is 19.1. The summed E-state index contributed by atoms with van der Waals surface area (Å²) in [5.41, 5.74) is 5.66. The number of carbonyl (C=O) groups excluding carboxylic acids is 4. The Hall–Kier alpha value is -3.69. The monoisotopic (exact) mass is 568 g/mol. The second kappa shape index (κ2) is 12.2. The minimum atomic E-state index is -5.16. The molecule has 2 amide bonds. The van der Waals surface area contributed by atoms with Crippen LogP contribution in [0.4, 0.5) is 36.8 Å². The number of ketones is 2. The van der Waals surface area contributed by atoms with Crippen molar-refractivity contribution in [2.24, 2.45) is 11.5 Å². The lowest BCUT2D eigenvalue weighted by Gasteiger charge is -2.21. The number of halogens is 7. The van der Waals surface area contributed by atoms with Crippen molar-refractivity contribution in [3.05, 3.63) is 58.1 Å². The van der Waals surface area contributed by atoms with Gasteiger partial charge in [-0.3, -0.25) is 19.3 Å². The van der Waals surface area contributed by atoms with Gasteiger partial charge < -0.3 is 21.5 Å². The molecule has 2 rings (SSSR count). The van der Waals surface area contributed by atoms with Crippen molar-refractivity contribution < 1.29 is 50.3 Å². The molecule has 5 N–H and O–H groups in total. The van der Waals surface area contributed by atoms with Crippen LogP contribution in [0.3, 0.4) is 0 Å². The summed E-state index contributed by atoms with van der Waals surface area (Å²) in [6.45, 7) is -2.26. The van der Waals surface area contributed by atoms with E-state index in [1.54, 1.807) is 0 Å². The number of Topliss-reactive ketones (excluding diaryl/α,β-unsaturated/α-hetero) is 2. The van der Waals surface area contributed by atoms with Crippen molar-refractivity contribution in [2.45, 2.75) is 12.4 Å². The average molecular weight is 569 g/mol. The van der Waals surface area contributed by atoms with E-state index in [2.05, 4.69) is 0 Å². The third kappa shape index (κ3) is 8.43. The molecular formula is C22H19ClF6N4O5. The predicted octanol–water partition coefficient (Wildman–Crippen LogP) is 3.49. The van der Waals surface area contributed by atoms with E-state index in [1.807, 2.05) is 5.32 Å². The smallest absolute Gasteiger partial charge is 0.409 e. The quantitative estimate of drug-likeness (QED) is 0.393. The number of hydrogen-bond acceptors (Lipinski definition) is 7. The molecule has 16 heteroatoms. The lowest BCUT2D eigenvalue weighted by molar-refractivity contribution is -0.143. The normalized spacial score (nSPS) is 11.6. The maximum Gasteiger partial charge on any atom is 0.416 e. The van der Waals surface area contributed by atoms with Crippen LogP contribution in [0.15, 0.2) is 36.4 Å². The highest BCUT2D eigenvalue weighted by atomic mass is 35.5. The number of nitrogens with one attached hydrogen (secondary N) is 1. The van der Waals surface area contributed by atoms with Gasteiger partial charge >= 0.3 is 18.4 Å².